The van der Waals surface area contributed by atoms with Crippen LogP contribution >= 0.6 is 0 Å². The number of fused-ring (bicyclic) bond motifs is 3. The molecule has 7 nitrogen and oxygen atoms in total. The van der Waals surface area contributed by atoms with E-state index in [0.717, 1.165) is 18.9 Å². The Morgan fingerprint density at radius 3 is 2.43 bits per heavy atom. The van der Waals surface area contributed by atoms with Crippen LogP contribution in [0.1, 0.15) is 31.4 Å². The normalized spacial score (nSPS) is 24.9. The number of ether oxygens (including phenoxy) is 1. The molecule has 3 aliphatic rings. The first-order chi connectivity index (χ1) is 17.5. The van der Waals surface area contributed by atoms with Crippen LogP contribution in [0.25, 0.3) is 5.65 Å². The number of hydrogen-bond acceptors (Lipinski definition) is 6. The maximum Gasteiger partial charge on any atom is 0.433 e. The third kappa shape index (κ3) is 4.42. The fourth-order valence-corrected chi connectivity index (χ4v) is 5.52. The molecule has 6 rings (SSSR count). The van der Waals surface area contributed by atoms with Gasteiger partial charge in [-0.15, -0.1) is 5.10 Å². The molecular weight excluding hydrogens is 502 g/mol. The fourth-order valence-electron chi connectivity index (χ4n) is 5.52. The molecule has 0 amide bonds. The molecule has 2 bridgehead atoms. The van der Waals surface area contributed by atoms with Crippen molar-refractivity contribution in [2.75, 3.05) is 29.9 Å². The standard InChI is InChI=1S/C24H24F6N6O/c25-23(26,27)18-10-16(5-8-31-18)35-11-14-3-4-15(12-35)19(14)32-21-33-20-17(2-1-9-36(20)34-21)37-13-22(6-7-22)24(28,29)30/h1-2,5,8-10,14-15,19H,3-4,6-7,11-13H2,(H,32,34)/t14-,15+,19-. The minimum Gasteiger partial charge on any atom is -0.489 e. The lowest BCUT2D eigenvalue weighted by Crippen LogP contribution is -2.48. The van der Waals surface area contributed by atoms with Crippen LogP contribution in [0.4, 0.5) is 38.0 Å². The van der Waals surface area contributed by atoms with Crippen molar-refractivity contribution in [1.82, 2.24) is 19.6 Å². The highest BCUT2D eigenvalue weighted by Gasteiger charge is 2.64. The van der Waals surface area contributed by atoms with Crippen LogP contribution in [0.15, 0.2) is 36.7 Å². The van der Waals surface area contributed by atoms with Crippen molar-refractivity contribution in [3.05, 3.63) is 42.4 Å². The van der Waals surface area contributed by atoms with Gasteiger partial charge in [0, 0.05) is 37.2 Å². The van der Waals surface area contributed by atoms with Crippen molar-refractivity contribution < 1.29 is 31.1 Å². The van der Waals surface area contributed by atoms with E-state index in [9.17, 15) is 26.3 Å². The molecular formula is C24H24F6N6O. The summed E-state index contributed by atoms with van der Waals surface area (Å²) >= 11 is 0. The van der Waals surface area contributed by atoms with Gasteiger partial charge in [0.2, 0.25) is 5.95 Å². The molecule has 0 unspecified atom stereocenters. The molecule has 4 heterocycles. The van der Waals surface area contributed by atoms with E-state index in [0.29, 0.717) is 30.4 Å². The predicted molar refractivity (Wildman–Crippen MR) is 121 cm³/mol. The molecule has 0 aromatic carbocycles. The predicted octanol–water partition coefficient (Wildman–Crippen LogP) is 5.19. The average Bonchev–Trinajstić information content (AvgIpc) is 3.49. The molecule has 3 aromatic heterocycles. The summed E-state index contributed by atoms with van der Waals surface area (Å²) in [6, 6.07) is 5.93. The smallest absolute Gasteiger partial charge is 0.433 e. The monoisotopic (exact) mass is 526 g/mol. The first-order valence-corrected chi connectivity index (χ1v) is 12.1. The number of halogens is 6. The minimum absolute atomic E-state index is 0.0296. The van der Waals surface area contributed by atoms with E-state index in [1.807, 2.05) is 4.90 Å². The highest BCUT2D eigenvalue weighted by atomic mass is 19.4. The largest absolute Gasteiger partial charge is 0.489 e. The average molecular weight is 526 g/mol. The quantitative estimate of drug-likeness (QED) is 0.446. The topological polar surface area (TPSA) is 67.6 Å². The fraction of sp³-hybridized carbons (Fsp3) is 0.542. The first kappa shape index (κ1) is 24.1. The van der Waals surface area contributed by atoms with Crippen molar-refractivity contribution in [2.45, 2.75) is 44.1 Å². The minimum atomic E-state index is -4.50. The number of pyridine rings is 2. The van der Waals surface area contributed by atoms with E-state index in [1.54, 1.807) is 24.4 Å². The Hall–Kier alpha value is -3.25. The third-order valence-electron chi connectivity index (χ3n) is 7.81. The van der Waals surface area contributed by atoms with E-state index in [-0.39, 0.29) is 36.5 Å². The van der Waals surface area contributed by atoms with Crippen LogP contribution in [-0.4, -0.2) is 51.5 Å². The first-order valence-electron chi connectivity index (χ1n) is 12.1. The highest BCUT2D eigenvalue weighted by Crippen LogP contribution is 2.57. The molecule has 13 heteroatoms. The van der Waals surface area contributed by atoms with Crippen LogP contribution < -0.4 is 15.0 Å². The Bertz CT molecular complexity index is 1290. The Morgan fingerprint density at radius 1 is 1.05 bits per heavy atom. The number of nitrogens with zero attached hydrogens (tertiary/aromatic N) is 5. The molecule has 0 spiro atoms. The van der Waals surface area contributed by atoms with Gasteiger partial charge in [0.1, 0.15) is 17.7 Å². The van der Waals surface area contributed by atoms with Gasteiger partial charge in [-0.1, -0.05) is 0 Å². The van der Waals surface area contributed by atoms with Crippen LogP contribution in [0.3, 0.4) is 0 Å². The number of piperidine rings is 1. The van der Waals surface area contributed by atoms with Crippen molar-refractivity contribution in [2.24, 2.45) is 17.3 Å². The lowest BCUT2D eigenvalue weighted by atomic mass is 9.92. The number of aromatic nitrogens is 4. The summed E-state index contributed by atoms with van der Waals surface area (Å²) in [6.45, 7) is 0.701. The molecule has 1 aliphatic heterocycles. The van der Waals surface area contributed by atoms with E-state index in [4.69, 9.17) is 4.74 Å². The number of anilines is 2. The van der Waals surface area contributed by atoms with E-state index in [1.165, 1.54) is 10.7 Å². The summed E-state index contributed by atoms with van der Waals surface area (Å²) < 4.78 is 86.2. The molecule has 2 aliphatic carbocycles. The van der Waals surface area contributed by atoms with Gasteiger partial charge in [-0.05, 0) is 61.8 Å². The summed E-state index contributed by atoms with van der Waals surface area (Å²) in [6.07, 6.45) is -4.04. The molecule has 0 radical (unpaired) electrons. The van der Waals surface area contributed by atoms with Crippen LogP contribution in [-0.2, 0) is 6.18 Å². The van der Waals surface area contributed by atoms with Crippen LogP contribution in [0.2, 0.25) is 0 Å². The molecule has 1 N–H and O–H groups in total. The van der Waals surface area contributed by atoms with E-state index >= 15 is 0 Å². The molecule has 198 valence electrons. The van der Waals surface area contributed by atoms with E-state index < -0.39 is 30.1 Å². The number of nitrogens with one attached hydrogen (secondary N) is 1. The van der Waals surface area contributed by atoms with Gasteiger partial charge in [-0.25, -0.2) is 4.52 Å². The van der Waals surface area contributed by atoms with Crippen LogP contribution in [0.5, 0.6) is 5.75 Å². The number of rotatable bonds is 6. The van der Waals surface area contributed by atoms with Crippen LogP contribution in [0, 0.1) is 17.3 Å². The molecule has 3 fully saturated rings. The molecule has 3 aromatic rings. The number of hydrogen-bond donors (Lipinski definition) is 1. The SMILES string of the molecule is FC(F)(F)c1cc(N2C[C@H]3CC[C@@H](C2)[C@@H]3Nc2nc3c(OCC4(C(F)(F)F)CC4)cccn3n2)ccn1. The van der Waals surface area contributed by atoms with Gasteiger partial charge in [0.05, 0.1) is 0 Å². The lowest BCUT2D eigenvalue weighted by Gasteiger charge is -2.39. The molecule has 2 saturated carbocycles. The summed E-state index contributed by atoms with van der Waals surface area (Å²) in [7, 11) is 0. The van der Waals surface area contributed by atoms with Crippen molar-refractivity contribution in [3.8, 4) is 5.75 Å². The molecule has 1 saturated heterocycles. The zero-order valence-corrected chi connectivity index (χ0v) is 19.6. The van der Waals surface area contributed by atoms with E-state index in [2.05, 4.69) is 20.4 Å². The maximum absolute atomic E-state index is 13.3. The summed E-state index contributed by atoms with van der Waals surface area (Å²) in [5.41, 5.74) is -1.88. The molecule has 37 heavy (non-hydrogen) atoms. The lowest BCUT2D eigenvalue weighted by molar-refractivity contribution is -0.194. The van der Waals surface area contributed by atoms with Crippen molar-refractivity contribution in [1.29, 1.82) is 0 Å². The summed E-state index contributed by atoms with van der Waals surface area (Å²) in [4.78, 5) is 9.91. The summed E-state index contributed by atoms with van der Waals surface area (Å²) in [5.74, 6) is 0.913. The van der Waals surface area contributed by atoms with Gasteiger partial charge in [-0.3, -0.25) is 4.98 Å². The Morgan fingerprint density at radius 2 is 1.78 bits per heavy atom. The van der Waals surface area contributed by atoms with Gasteiger partial charge in [0.25, 0.3) is 0 Å². The Balaban J connectivity index is 1.16. The van der Waals surface area contributed by atoms with Gasteiger partial charge in [-0.2, -0.15) is 31.3 Å². The zero-order valence-electron chi connectivity index (χ0n) is 19.6. The molecule has 3 atom stereocenters. The third-order valence-corrected chi connectivity index (χ3v) is 7.81. The Kier molecular flexibility index (Phi) is 5.46. The Labute approximate surface area is 207 Å². The highest BCUT2D eigenvalue weighted by molar-refractivity contribution is 5.56. The summed E-state index contributed by atoms with van der Waals surface area (Å²) in [5, 5.41) is 7.81. The van der Waals surface area contributed by atoms with Gasteiger partial charge in [0.15, 0.2) is 11.4 Å². The zero-order chi connectivity index (χ0) is 26.0. The second-order valence-electron chi connectivity index (χ2n) is 10.2. The number of alkyl halides is 6. The van der Waals surface area contributed by atoms with Crippen molar-refractivity contribution >= 4 is 17.3 Å². The second-order valence-corrected chi connectivity index (χ2v) is 10.2. The van der Waals surface area contributed by atoms with Crippen molar-refractivity contribution in [3.63, 3.8) is 0 Å². The second kappa shape index (κ2) is 8.38. The van der Waals surface area contributed by atoms with Gasteiger partial charge < -0.3 is 15.0 Å². The maximum atomic E-state index is 13.3. The van der Waals surface area contributed by atoms with Gasteiger partial charge >= 0.3 is 12.4 Å².